The minimum Gasteiger partial charge on any atom is -0.507 e. The van der Waals surface area contributed by atoms with Gasteiger partial charge in [-0.05, 0) is 56.9 Å². The number of carbonyl (C=O) groups excluding carboxylic acids is 2. The molecule has 0 unspecified atom stereocenters. The van der Waals surface area contributed by atoms with Crippen LogP contribution in [0.15, 0.2) is 48.0 Å². The van der Waals surface area contributed by atoms with Gasteiger partial charge in [-0.3, -0.25) is 9.59 Å². The minimum atomic E-state index is -0.973. The second-order valence-corrected chi connectivity index (χ2v) is 7.59. The average molecular weight is 428 g/mol. The molecule has 1 saturated heterocycles. The summed E-state index contributed by atoms with van der Waals surface area (Å²) in [6.07, 6.45) is 0.583. The Morgan fingerprint density at radius 1 is 1.19 bits per heavy atom. The van der Waals surface area contributed by atoms with E-state index in [0.717, 1.165) is 0 Å². The predicted molar refractivity (Wildman–Crippen MR) is 113 cm³/mol. The van der Waals surface area contributed by atoms with Gasteiger partial charge >= 0.3 is 0 Å². The van der Waals surface area contributed by atoms with E-state index in [0.29, 0.717) is 24.3 Å². The van der Waals surface area contributed by atoms with Crippen molar-refractivity contribution in [1.29, 1.82) is 0 Å². The van der Waals surface area contributed by atoms with Gasteiger partial charge in [0, 0.05) is 12.6 Å². The fourth-order valence-corrected chi connectivity index (χ4v) is 3.67. The molecule has 164 valence electrons. The number of Topliss-reactive ketones (excluding diaryl/α,β-unsaturated/α-hetero) is 1. The molecule has 0 saturated carbocycles. The molecule has 0 bridgehead atoms. The number of hydrogen-bond acceptors (Lipinski definition) is 6. The number of aliphatic hydroxyl groups is 1. The number of amides is 1. The molecule has 1 aliphatic rings. The molecule has 0 spiro atoms. The van der Waals surface area contributed by atoms with Crippen molar-refractivity contribution in [2.24, 2.45) is 0 Å². The zero-order chi connectivity index (χ0) is 22.7. The number of phenolic OH excluding ortho intramolecular Hbond substituents is 1. The van der Waals surface area contributed by atoms with Crippen molar-refractivity contribution in [1.82, 2.24) is 9.80 Å². The molecule has 8 heteroatoms. The minimum absolute atomic E-state index is 0.0199. The highest BCUT2D eigenvalue weighted by atomic mass is 19.1. The second kappa shape index (κ2) is 9.18. The van der Waals surface area contributed by atoms with Crippen molar-refractivity contribution in [3.63, 3.8) is 0 Å². The highest BCUT2D eigenvalue weighted by Crippen LogP contribution is 2.41. The van der Waals surface area contributed by atoms with Crippen molar-refractivity contribution in [3.8, 4) is 11.5 Å². The Labute approximate surface area is 180 Å². The Hall–Kier alpha value is -3.39. The van der Waals surface area contributed by atoms with Gasteiger partial charge in [0.1, 0.15) is 23.1 Å². The summed E-state index contributed by atoms with van der Waals surface area (Å²) in [7, 11) is 5.22. The first-order valence-electron chi connectivity index (χ1n) is 9.80. The highest BCUT2D eigenvalue weighted by molar-refractivity contribution is 6.46. The molecule has 7 nitrogen and oxygen atoms in total. The maximum atomic E-state index is 14.0. The number of benzene rings is 2. The molecule has 31 heavy (non-hydrogen) atoms. The predicted octanol–water partition coefficient (Wildman–Crippen LogP) is 2.91. The standard InChI is InChI=1S/C23H25FN2O5/c1-25(2)10-5-11-26-20(14-6-4-7-15(24)12-14)19(22(29)23(26)30)21(28)17-9-8-16(31-3)13-18(17)27/h4,6-9,12-13,20,27-28H,5,10-11H2,1-3H3/t20-/m1/s1. The Morgan fingerprint density at radius 2 is 1.94 bits per heavy atom. The lowest BCUT2D eigenvalue weighted by Crippen LogP contribution is -2.32. The maximum absolute atomic E-state index is 14.0. The van der Waals surface area contributed by atoms with E-state index in [2.05, 4.69) is 0 Å². The monoisotopic (exact) mass is 428 g/mol. The Balaban J connectivity index is 2.12. The van der Waals surface area contributed by atoms with Crippen molar-refractivity contribution in [3.05, 3.63) is 65.0 Å². The Kier molecular flexibility index (Phi) is 6.60. The van der Waals surface area contributed by atoms with Gasteiger partial charge in [0.2, 0.25) is 0 Å². The van der Waals surface area contributed by atoms with Crippen LogP contribution >= 0.6 is 0 Å². The highest BCUT2D eigenvalue weighted by Gasteiger charge is 2.46. The van der Waals surface area contributed by atoms with Crippen LogP contribution in [0, 0.1) is 5.82 Å². The van der Waals surface area contributed by atoms with Crippen LogP contribution in [0.4, 0.5) is 4.39 Å². The van der Waals surface area contributed by atoms with E-state index in [1.165, 1.54) is 48.4 Å². The zero-order valence-electron chi connectivity index (χ0n) is 17.6. The number of ketones is 1. The number of carbonyl (C=O) groups is 2. The molecular formula is C23H25FN2O5. The lowest BCUT2D eigenvalue weighted by atomic mass is 9.95. The van der Waals surface area contributed by atoms with E-state index in [1.54, 1.807) is 6.07 Å². The molecule has 2 aromatic carbocycles. The summed E-state index contributed by atoms with van der Waals surface area (Å²) < 4.78 is 19.0. The number of methoxy groups -OCH3 is 1. The quantitative estimate of drug-likeness (QED) is 0.400. The molecular weight excluding hydrogens is 403 g/mol. The van der Waals surface area contributed by atoms with Gasteiger partial charge in [0.25, 0.3) is 11.7 Å². The van der Waals surface area contributed by atoms with Gasteiger partial charge in [-0.15, -0.1) is 0 Å². The molecule has 2 N–H and O–H groups in total. The number of hydrogen-bond donors (Lipinski definition) is 2. The maximum Gasteiger partial charge on any atom is 0.295 e. The zero-order valence-corrected chi connectivity index (χ0v) is 17.6. The van der Waals surface area contributed by atoms with Crippen LogP contribution in [0.25, 0.3) is 5.76 Å². The fraction of sp³-hybridized carbons (Fsp3) is 0.304. The van der Waals surface area contributed by atoms with Crippen LogP contribution < -0.4 is 4.74 Å². The third-order valence-corrected chi connectivity index (χ3v) is 5.17. The molecule has 1 fully saturated rings. The summed E-state index contributed by atoms with van der Waals surface area (Å²) in [5, 5.41) is 21.3. The van der Waals surface area contributed by atoms with Crippen LogP contribution in [-0.4, -0.2) is 66.0 Å². The Morgan fingerprint density at radius 3 is 2.55 bits per heavy atom. The summed E-state index contributed by atoms with van der Waals surface area (Å²) in [5.74, 6) is -2.66. The van der Waals surface area contributed by atoms with Gasteiger partial charge in [0.15, 0.2) is 0 Å². The molecule has 2 aromatic rings. The van der Waals surface area contributed by atoms with Crippen molar-refractivity contribution >= 4 is 17.4 Å². The van der Waals surface area contributed by atoms with Gasteiger partial charge in [0.05, 0.1) is 24.3 Å². The van der Waals surface area contributed by atoms with E-state index in [4.69, 9.17) is 4.74 Å². The molecule has 1 amide bonds. The number of ether oxygens (including phenoxy) is 1. The molecule has 3 rings (SSSR count). The smallest absolute Gasteiger partial charge is 0.295 e. The van der Waals surface area contributed by atoms with E-state index in [-0.39, 0.29) is 23.4 Å². The SMILES string of the molecule is COc1ccc(C(O)=C2C(=O)C(=O)N(CCCN(C)C)[C@@H]2c2cccc(F)c2)c(O)c1. The van der Waals surface area contributed by atoms with Gasteiger partial charge in [-0.1, -0.05) is 12.1 Å². The first-order chi connectivity index (χ1) is 14.7. The van der Waals surface area contributed by atoms with Crippen molar-refractivity contribution < 1.29 is 28.9 Å². The van der Waals surface area contributed by atoms with Gasteiger partial charge < -0.3 is 24.7 Å². The van der Waals surface area contributed by atoms with E-state index < -0.39 is 29.3 Å². The summed E-state index contributed by atoms with van der Waals surface area (Å²) in [5.41, 5.74) is 0.146. The summed E-state index contributed by atoms with van der Waals surface area (Å²) >= 11 is 0. The number of aromatic hydroxyl groups is 1. The lowest BCUT2D eigenvalue weighted by Gasteiger charge is -2.26. The van der Waals surface area contributed by atoms with E-state index in [9.17, 15) is 24.2 Å². The molecule has 1 atom stereocenters. The lowest BCUT2D eigenvalue weighted by molar-refractivity contribution is -0.139. The second-order valence-electron chi connectivity index (χ2n) is 7.59. The fourth-order valence-electron chi connectivity index (χ4n) is 3.67. The number of phenols is 1. The van der Waals surface area contributed by atoms with E-state index in [1.807, 2.05) is 19.0 Å². The van der Waals surface area contributed by atoms with Crippen LogP contribution in [0.1, 0.15) is 23.6 Å². The summed E-state index contributed by atoms with van der Waals surface area (Å²) in [6.45, 7) is 0.924. The van der Waals surface area contributed by atoms with Crippen molar-refractivity contribution in [2.75, 3.05) is 34.3 Å². The largest absolute Gasteiger partial charge is 0.507 e. The van der Waals surface area contributed by atoms with Gasteiger partial charge in [-0.2, -0.15) is 0 Å². The number of nitrogens with zero attached hydrogens (tertiary/aromatic N) is 2. The van der Waals surface area contributed by atoms with Crippen LogP contribution in [-0.2, 0) is 9.59 Å². The van der Waals surface area contributed by atoms with Crippen molar-refractivity contribution in [2.45, 2.75) is 12.5 Å². The molecule has 0 aromatic heterocycles. The van der Waals surface area contributed by atoms with Crippen LogP contribution in [0.3, 0.4) is 0 Å². The van der Waals surface area contributed by atoms with Crippen LogP contribution in [0.2, 0.25) is 0 Å². The first-order valence-corrected chi connectivity index (χ1v) is 9.80. The molecule has 1 aliphatic heterocycles. The summed E-state index contributed by atoms with van der Waals surface area (Å²) in [6, 6.07) is 8.80. The van der Waals surface area contributed by atoms with Crippen LogP contribution in [0.5, 0.6) is 11.5 Å². The van der Waals surface area contributed by atoms with E-state index >= 15 is 0 Å². The number of rotatable bonds is 7. The molecule has 1 heterocycles. The number of halogens is 1. The topological polar surface area (TPSA) is 90.3 Å². The first kappa shape index (κ1) is 22.3. The summed E-state index contributed by atoms with van der Waals surface area (Å²) in [4.78, 5) is 29.0. The normalized spacial score (nSPS) is 18.1. The third-order valence-electron chi connectivity index (χ3n) is 5.17. The molecule has 0 radical (unpaired) electrons. The number of likely N-dealkylation sites (tertiary alicyclic amines) is 1. The molecule has 0 aliphatic carbocycles. The third kappa shape index (κ3) is 4.54. The number of aliphatic hydroxyl groups excluding tert-OH is 1. The Bertz CT molecular complexity index is 1030. The van der Waals surface area contributed by atoms with Gasteiger partial charge in [-0.25, -0.2) is 4.39 Å². The average Bonchev–Trinajstić information content (AvgIpc) is 2.98.